The Morgan fingerprint density at radius 3 is 2.18 bits per heavy atom. The van der Waals surface area contributed by atoms with Gasteiger partial charge in [-0.3, -0.25) is 0 Å². The number of nitrogens with one attached hydrogen (secondary N) is 1. The number of hydrogen-bond donors (Lipinski definition) is 1. The van der Waals surface area contributed by atoms with Crippen LogP contribution in [0.3, 0.4) is 0 Å². The lowest BCUT2D eigenvalue weighted by Gasteiger charge is -2.38. The summed E-state index contributed by atoms with van der Waals surface area (Å²) in [5.41, 5.74) is 0.0270. The predicted molar refractivity (Wildman–Crippen MR) is 78.8 cm³/mol. The molecule has 4 heteroatoms. The first-order valence-electron chi connectivity index (χ1n) is 6.30. The fourth-order valence-electron chi connectivity index (χ4n) is 1.35. The molecule has 0 spiro atoms. The van der Waals surface area contributed by atoms with Gasteiger partial charge in [-0.25, -0.2) is 0 Å². The molecule has 0 aromatic heterocycles. The number of rotatable bonds is 7. The van der Waals surface area contributed by atoms with E-state index in [-0.39, 0.29) is 5.54 Å². The van der Waals surface area contributed by atoms with Crippen molar-refractivity contribution in [2.24, 2.45) is 0 Å². The van der Waals surface area contributed by atoms with E-state index in [4.69, 9.17) is 4.74 Å². The molecular weight excluding hydrogens is 228 g/mol. The maximum Gasteiger partial charge on any atom is 0.120 e. The molecule has 0 saturated carbocycles. The van der Waals surface area contributed by atoms with Crippen molar-refractivity contribution < 1.29 is 4.74 Å². The van der Waals surface area contributed by atoms with Crippen molar-refractivity contribution in [1.82, 2.24) is 10.2 Å². The Balaban J connectivity index is 4.16. The van der Waals surface area contributed by atoms with Gasteiger partial charge in [0.15, 0.2) is 0 Å². The predicted octanol–water partition coefficient (Wildman–Crippen LogP) is 3.09. The second-order valence-corrected chi connectivity index (χ2v) is 12.3. The molecule has 0 fully saturated rings. The first kappa shape index (κ1) is 16.5. The van der Waals surface area contributed by atoms with E-state index in [1.54, 1.807) is 0 Å². The topological polar surface area (TPSA) is 24.5 Å². The Morgan fingerprint density at radius 2 is 1.82 bits per heavy atom. The lowest BCUT2D eigenvalue weighted by Crippen LogP contribution is -2.45. The zero-order chi connectivity index (χ0) is 13.7. The minimum atomic E-state index is -0.992. The highest BCUT2D eigenvalue weighted by molar-refractivity contribution is 6.76. The Labute approximate surface area is 108 Å². The minimum absolute atomic E-state index is 0.0270. The highest BCUT2D eigenvalue weighted by Gasteiger charge is 2.22. The van der Waals surface area contributed by atoms with E-state index in [2.05, 4.69) is 57.2 Å². The normalized spacial score (nSPS) is 12.4. The van der Waals surface area contributed by atoms with Crippen molar-refractivity contribution in [2.45, 2.75) is 52.0 Å². The summed E-state index contributed by atoms with van der Waals surface area (Å²) >= 11 is 0. The second-order valence-electron chi connectivity index (χ2n) is 6.64. The van der Waals surface area contributed by atoms with Crippen LogP contribution in [0.15, 0.2) is 12.4 Å². The van der Waals surface area contributed by atoms with Crippen LogP contribution in [0, 0.1) is 0 Å². The van der Waals surface area contributed by atoms with E-state index in [9.17, 15) is 0 Å². The second kappa shape index (κ2) is 6.45. The summed E-state index contributed by atoms with van der Waals surface area (Å²) < 4.78 is 5.78. The number of hydrogen-bond acceptors (Lipinski definition) is 3. The monoisotopic (exact) mass is 258 g/mol. The van der Waals surface area contributed by atoms with Gasteiger partial charge in [0.05, 0.1) is 5.82 Å². The Kier molecular flexibility index (Phi) is 6.27. The molecule has 3 nitrogen and oxygen atoms in total. The van der Waals surface area contributed by atoms with E-state index in [0.717, 1.165) is 12.4 Å². The first-order chi connectivity index (χ1) is 7.58. The molecule has 0 atom stereocenters. The third-order valence-electron chi connectivity index (χ3n) is 2.64. The van der Waals surface area contributed by atoms with Crippen LogP contribution in [0.25, 0.3) is 0 Å². The molecule has 102 valence electrons. The van der Waals surface area contributed by atoms with Crippen LogP contribution >= 0.6 is 0 Å². The van der Waals surface area contributed by atoms with Crippen LogP contribution in [0.2, 0.25) is 25.7 Å². The van der Waals surface area contributed by atoms with Crippen molar-refractivity contribution in [2.75, 3.05) is 20.4 Å². The minimum Gasteiger partial charge on any atom is -0.375 e. The molecule has 17 heavy (non-hydrogen) atoms. The summed E-state index contributed by atoms with van der Waals surface area (Å²) in [5.74, 6) is 0.908. The van der Waals surface area contributed by atoms with E-state index in [1.807, 2.05) is 7.05 Å². The van der Waals surface area contributed by atoms with Crippen LogP contribution in [0.1, 0.15) is 20.8 Å². The quantitative estimate of drug-likeness (QED) is 0.431. The fraction of sp³-hybridized carbons (Fsp3) is 0.846. The molecule has 1 N–H and O–H groups in total. The third kappa shape index (κ3) is 7.44. The van der Waals surface area contributed by atoms with E-state index in [1.165, 1.54) is 6.04 Å². The van der Waals surface area contributed by atoms with Gasteiger partial charge in [0.2, 0.25) is 0 Å². The van der Waals surface area contributed by atoms with Crippen molar-refractivity contribution >= 4 is 8.07 Å². The Hall–Kier alpha value is -0.483. The standard InChI is InChI=1S/C13H30N2OSi/c1-12(14-5)15(13(2,3)4)11-16-9-10-17(6,7)8/h14H,1,9-11H2,2-8H3. The summed E-state index contributed by atoms with van der Waals surface area (Å²) in [5, 5.41) is 3.09. The average Bonchev–Trinajstić information content (AvgIpc) is 2.13. The summed E-state index contributed by atoms with van der Waals surface area (Å²) in [6.45, 7) is 19.1. The van der Waals surface area contributed by atoms with Gasteiger partial charge < -0.3 is 15.0 Å². The summed E-state index contributed by atoms with van der Waals surface area (Å²) in [6, 6.07) is 1.21. The highest BCUT2D eigenvalue weighted by Crippen LogP contribution is 2.17. The molecule has 0 aliphatic heterocycles. The lowest BCUT2D eigenvalue weighted by molar-refractivity contribution is 0.00646. The molecule has 0 aliphatic rings. The van der Waals surface area contributed by atoms with Gasteiger partial charge in [0.25, 0.3) is 0 Å². The summed E-state index contributed by atoms with van der Waals surface area (Å²) in [4.78, 5) is 2.15. The van der Waals surface area contributed by atoms with Crippen molar-refractivity contribution in [3.05, 3.63) is 12.4 Å². The van der Waals surface area contributed by atoms with Crippen LogP contribution in [-0.2, 0) is 4.74 Å². The first-order valence-corrected chi connectivity index (χ1v) is 10.0. The van der Waals surface area contributed by atoms with Crippen molar-refractivity contribution in [1.29, 1.82) is 0 Å². The molecule has 0 bridgehead atoms. The van der Waals surface area contributed by atoms with Gasteiger partial charge in [-0.05, 0) is 26.8 Å². The molecule has 0 radical (unpaired) electrons. The van der Waals surface area contributed by atoms with Crippen molar-refractivity contribution in [3.63, 3.8) is 0 Å². The van der Waals surface area contributed by atoms with Crippen LogP contribution in [0.5, 0.6) is 0 Å². The zero-order valence-corrected chi connectivity index (χ0v) is 13.7. The number of ether oxygens (including phenoxy) is 1. The fourth-order valence-corrected chi connectivity index (χ4v) is 2.10. The molecule has 0 aromatic rings. The maximum atomic E-state index is 5.78. The third-order valence-corrected chi connectivity index (χ3v) is 4.35. The average molecular weight is 258 g/mol. The number of nitrogens with zero attached hydrogens (tertiary/aromatic N) is 1. The van der Waals surface area contributed by atoms with E-state index < -0.39 is 8.07 Å². The molecule has 0 unspecified atom stereocenters. The van der Waals surface area contributed by atoms with Crippen LogP contribution in [0.4, 0.5) is 0 Å². The smallest absolute Gasteiger partial charge is 0.120 e. The highest BCUT2D eigenvalue weighted by atomic mass is 28.3. The van der Waals surface area contributed by atoms with Gasteiger partial charge in [-0.2, -0.15) is 0 Å². The Morgan fingerprint density at radius 1 is 1.29 bits per heavy atom. The van der Waals surface area contributed by atoms with E-state index in [0.29, 0.717) is 6.73 Å². The van der Waals surface area contributed by atoms with Crippen LogP contribution < -0.4 is 5.32 Å². The lowest BCUT2D eigenvalue weighted by atomic mass is 10.1. The molecular formula is C13H30N2OSi. The molecule has 0 rings (SSSR count). The van der Waals surface area contributed by atoms with Crippen LogP contribution in [-0.4, -0.2) is 38.9 Å². The molecule has 0 aliphatic carbocycles. The Bertz CT molecular complexity index is 241. The summed E-state index contributed by atoms with van der Waals surface area (Å²) in [7, 11) is 0.900. The van der Waals surface area contributed by atoms with E-state index >= 15 is 0 Å². The van der Waals surface area contributed by atoms with Gasteiger partial charge >= 0.3 is 0 Å². The molecule has 0 heterocycles. The van der Waals surface area contributed by atoms with Gasteiger partial charge in [-0.15, -0.1) is 0 Å². The largest absolute Gasteiger partial charge is 0.375 e. The SMILES string of the molecule is C=C(NC)N(COCC[Si](C)(C)C)C(C)(C)C. The van der Waals surface area contributed by atoms with Gasteiger partial charge in [0.1, 0.15) is 6.73 Å². The molecule has 0 amide bonds. The van der Waals surface area contributed by atoms with Gasteiger partial charge in [-0.1, -0.05) is 26.2 Å². The zero-order valence-electron chi connectivity index (χ0n) is 12.7. The maximum absolute atomic E-state index is 5.78. The summed E-state index contributed by atoms with van der Waals surface area (Å²) in [6.07, 6.45) is 0. The molecule has 0 aromatic carbocycles. The molecule has 0 saturated heterocycles. The van der Waals surface area contributed by atoms with Crippen molar-refractivity contribution in [3.8, 4) is 0 Å². The van der Waals surface area contributed by atoms with Gasteiger partial charge in [0, 0.05) is 27.3 Å².